The largest absolute Gasteiger partial charge is 0.289 e. The topological polar surface area (TPSA) is 33.7 Å². The fourth-order valence-corrected chi connectivity index (χ4v) is 4.41. The monoisotopic (exact) mass is 310 g/mol. The average molecular weight is 310 g/mol. The molecule has 128 valence electrons. The molecule has 2 saturated heterocycles. The molecule has 0 aromatic rings. The summed E-state index contributed by atoms with van der Waals surface area (Å²) in [5.74, 6) is 1.35. The molecule has 2 heterocycles. The molecule has 0 spiro atoms. The van der Waals surface area contributed by atoms with E-state index in [1.54, 1.807) is 0 Å². The van der Waals surface area contributed by atoms with Crippen LogP contribution in [-0.2, 0) is 9.88 Å². The van der Waals surface area contributed by atoms with Crippen molar-refractivity contribution in [1.82, 2.24) is 10.4 Å². The fourth-order valence-electron chi connectivity index (χ4n) is 4.41. The molecule has 3 unspecified atom stereocenters. The van der Waals surface area contributed by atoms with E-state index in [2.05, 4.69) is 31.2 Å². The molecular formula is C18H34N2O2. The van der Waals surface area contributed by atoms with Crippen LogP contribution in [0.2, 0.25) is 0 Å². The number of hydrogen-bond donors (Lipinski definition) is 1. The maximum atomic E-state index is 5.89. The molecule has 3 fully saturated rings. The average Bonchev–Trinajstić information content (AvgIpc) is 2.68. The first-order valence-corrected chi connectivity index (χ1v) is 9.37. The molecule has 0 bridgehead atoms. The second kappa shape index (κ2) is 7.16. The van der Waals surface area contributed by atoms with Crippen molar-refractivity contribution in [3.8, 4) is 0 Å². The van der Waals surface area contributed by atoms with Gasteiger partial charge in [0.15, 0.2) is 0 Å². The van der Waals surface area contributed by atoms with Crippen LogP contribution in [0, 0.1) is 17.3 Å². The van der Waals surface area contributed by atoms with E-state index >= 15 is 0 Å². The zero-order valence-corrected chi connectivity index (χ0v) is 14.6. The Balaban J connectivity index is 1.70. The van der Waals surface area contributed by atoms with Crippen LogP contribution in [0.15, 0.2) is 0 Å². The third kappa shape index (κ3) is 4.02. The molecule has 0 radical (unpaired) electrons. The van der Waals surface area contributed by atoms with Gasteiger partial charge in [-0.15, -0.1) is 4.99 Å². The van der Waals surface area contributed by atoms with Gasteiger partial charge < -0.3 is 0 Å². The van der Waals surface area contributed by atoms with Crippen LogP contribution in [0.1, 0.15) is 72.1 Å². The normalized spacial score (nSPS) is 35.9. The minimum absolute atomic E-state index is 0.0787. The van der Waals surface area contributed by atoms with Crippen molar-refractivity contribution in [2.24, 2.45) is 17.3 Å². The molecule has 1 aliphatic carbocycles. The molecular weight excluding hydrogens is 276 g/mol. The number of nitrogens with one attached hydrogen (secondary N) is 1. The minimum atomic E-state index is 0.0787. The lowest BCUT2D eigenvalue weighted by Gasteiger charge is -2.39. The molecule has 2 aliphatic heterocycles. The van der Waals surface area contributed by atoms with Crippen LogP contribution in [-0.4, -0.2) is 30.4 Å². The van der Waals surface area contributed by atoms with E-state index in [0.717, 1.165) is 19.0 Å². The zero-order valence-electron chi connectivity index (χ0n) is 14.6. The summed E-state index contributed by atoms with van der Waals surface area (Å²) in [4.78, 5) is 11.7. The molecule has 0 aromatic heterocycles. The summed E-state index contributed by atoms with van der Waals surface area (Å²) in [5.41, 5.74) is 0.213. The smallest absolute Gasteiger partial charge is 0.148 e. The van der Waals surface area contributed by atoms with Gasteiger partial charge in [0.25, 0.3) is 0 Å². The van der Waals surface area contributed by atoms with Gasteiger partial charge in [-0.25, -0.2) is 0 Å². The number of hydrogen-bond acceptors (Lipinski definition) is 4. The molecule has 4 nitrogen and oxygen atoms in total. The highest BCUT2D eigenvalue weighted by Gasteiger charge is 2.41. The van der Waals surface area contributed by atoms with Gasteiger partial charge in [-0.2, -0.15) is 9.95 Å². The van der Waals surface area contributed by atoms with Crippen molar-refractivity contribution < 1.29 is 9.88 Å². The van der Waals surface area contributed by atoms with E-state index in [1.807, 2.05) is 0 Å². The Bertz CT molecular complexity index is 349. The van der Waals surface area contributed by atoms with E-state index in [-0.39, 0.29) is 11.6 Å². The van der Waals surface area contributed by atoms with Gasteiger partial charge in [0, 0.05) is 18.5 Å². The Morgan fingerprint density at radius 3 is 2.55 bits per heavy atom. The highest BCUT2D eigenvalue weighted by atomic mass is 17.3. The van der Waals surface area contributed by atoms with Gasteiger partial charge in [-0.3, -0.25) is 5.32 Å². The molecule has 3 atom stereocenters. The standard InChI is InChI=1S/C18H34N2O2/c1-18(2,3)16-12-15-10-7-11-19-17(15)21-22-20(16)13-14-8-5-4-6-9-14/h14-17,19H,4-13H2,1-3H3. The number of nitrogens with zero attached hydrogens (tertiary/aromatic N) is 1. The summed E-state index contributed by atoms with van der Waals surface area (Å²) in [7, 11) is 0. The second-order valence-corrected chi connectivity index (χ2v) is 8.67. The zero-order chi connectivity index (χ0) is 15.6. The van der Waals surface area contributed by atoms with E-state index < -0.39 is 0 Å². The first-order valence-electron chi connectivity index (χ1n) is 9.37. The van der Waals surface area contributed by atoms with E-state index in [4.69, 9.17) is 9.88 Å². The van der Waals surface area contributed by atoms with Crippen LogP contribution in [0.3, 0.4) is 0 Å². The summed E-state index contributed by atoms with van der Waals surface area (Å²) in [6, 6.07) is 0.435. The summed E-state index contributed by atoms with van der Waals surface area (Å²) in [6.07, 6.45) is 10.6. The molecule has 4 heteroatoms. The Labute approximate surface area is 135 Å². The number of fused-ring (bicyclic) bond motifs is 1. The lowest BCUT2D eigenvalue weighted by Crippen LogP contribution is -2.46. The Morgan fingerprint density at radius 2 is 1.82 bits per heavy atom. The van der Waals surface area contributed by atoms with Crippen molar-refractivity contribution in [2.45, 2.75) is 84.4 Å². The number of piperidine rings is 1. The molecule has 3 aliphatic rings. The Hall–Kier alpha value is -0.160. The summed E-state index contributed by atoms with van der Waals surface area (Å²) in [6.45, 7) is 9.09. The summed E-state index contributed by atoms with van der Waals surface area (Å²) in [5, 5.41) is 5.67. The highest BCUT2D eigenvalue weighted by molar-refractivity contribution is 4.88. The summed E-state index contributed by atoms with van der Waals surface area (Å²) < 4.78 is 0. The molecule has 0 aromatic carbocycles. The quantitative estimate of drug-likeness (QED) is 0.785. The molecule has 0 amide bonds. The van der Waals surface area contributed by atoms with Crippen molar-refractivity contribution in [2.75, 3.05) is 13.1 Å². The lowest BCUT2D eigenvalue weighted by atomic mass is 9.78. The number of hydroxylamine groups is 2. The van der Waals surface area contributed by atoms with Crippen LogP contribution in [0.25, 0.3) is 0 Å². The molecule has 22 heavy (non-hydrogen) atoms. The fraction of sp³-hybridized carbons (Fsp3) is 1.00. The van der Waals surface area contributed by atoms with Gasteiger partial charge in [0.2, 0.25) is 0 Å². The molecule has 1 N–H and O–H groups in total. The first-order chi connectivity index (χ1) is 10.5. The van der Waals surface area contributed by atoms with Crippen LogP contribution in [0.5, 0.6) is 0 Å². The maximum absolute atomic E-state index is 5.89. The predicted octanol–water partition coefficient (Wildman–Crippen LogP) is 3.88. The van der Waals surface area contributed by atoms with Crippen LogP contribution in [0.4, 0.5) is 0 Å². The lowest BCUT2D eigenvalue weighted by molar-refractivity contribution is -0.457. The third-order valence-corrected chi connectivity index (χ3v) is 5.80. The number of rotatable bonds is 2. The molecule has 3 rings (SSSR count). The SMILES string of the molecule is CC(C)(C)C1CC2CCCNC2OON1CC1CCCCC1. The van der Waals surface area contributed by atoms with E-state index in [0.29, 0.717) is 12.0 Å². The van der Waals surface area contributed by atoms with E-state index in [9.17, 15) is 0 Å². The van der Waals surface area contributed by atoms with Gasteiger partial charge in [-0.05, 0) is 50.0 Å². The second-order valence-electron chi connectivity index (χ2n) is 8.67. The van der Waals surface area contributed by atoms with Crippen LogP contribution >= 0.6 is 0 Å². The van der Waals surface area contributed by atoms with Crippen molar-refractivity contribution >= 4 is 0 Å². The van der Waals surface area contributed by atoms with E-state index in [1.165, 1.54) is 51.4 Å². The van der Waals surface area contributed by atoms with Crippen molar-refractivity contribution in [1.29, 1.82) is 0 Å². The van der Waals surface area contributed by atoms with Crippen molar-refractivity contribution in [3.05, 3.63) is 0 Å². The molecule has 1 saturated carbocycles. The maximum Gasteiger partial charge on any atom is 0.148 e. The Morgan fingerprint density at radius 1 is 1.05 bits per heavy atom. The highest BCUT2D eigenvalue weighted by Crippen LogP contribution is 2.37. The third-order valence-electron chi connectivity index (χ3n) is 5.80. The first kappa shape index (κ1) is 16.7. The predicted molar refractivity (Wildman–Crippen MR) is 87.8 cm³/mol. The van der Waals surface area contributed by atoms with Crippen molar-refractivity contribution in [3.63, 3.8) is 0 Å². The van der Waals surface area contributed by atoms with Crippen LogP contribution < -0.4 is 5.32 Å². The van der Waals surface area contributed by atoms with Gasteiger partial charge in [-0.1, -0.05) is 40.0 Å². The van der Waals surface area contributed by atoms with Gasteiger partial charge in [0.05, 0.1) is 0 Å². The summed E-state index contributed by atoms with van der Waals surface area (Å²) >= 11 is 0. The Kier molecular flexibility index (Phi) is 5.43. The van der Waals surface area contributed by atoms with Gasteiger partial charge in [0.1, 0.15) is 6.23 Å². The van der Waals surface area contributed by atoms with Gasteiger partial charge >= 0.3 is 0 Å². The minimum Gasteiger partial charge on any atom is -0.289 e.